The zero-order chi connectivity index (χ0) is 21.7. The Kier molecular flexibility index (Phi) is 6.07. The first kappa shape index (κ1) is 20.9. The molecule has 0 saturated heterocycles. The molecule has 3 rings (SSSR count). The first-order valence-electron chi connectivity index (χ1n) is 9.17. The van der Waals surface area contributed by atoms with Gasteiger partial charge in [0.2, 0.25) is 5.88 Å². The molecule has 7 heteroatoms. The lowest BCUT2D eigenvalue weighted by molar-refractivity contribution is 0.0947. The summed E-state index contributed by atoms with van der Waals surface area (Å²) in [6, 6.07) is 15.1. The van der Waals surface area contributed by atoms with Crippen LogP contribution in [0.25, 0.3) is 0 Å². The Morgan fingerprint density at radius 1 is 1.17 bits per heavy atom. The molecule has 0 atom stereocenters. The highest BCUT2D eigenvalue weighted by atomic mass is 19.1. The summed E-state index contributed by atoms with van der Waals surface area (Å²) in [4.78, 5) is 16.7. The largest absolute Gasteiger partial charge is 0.438 e. The normalized spacial score (nSPS) is 10.9. The van der Waals surface area contributed by atoms with Crippen LogP contribution in [0.4, 0.5) is 8.78 Å². The second-order valence-corrected chi connectivity index (χ2v) is 7.14. The Morgan fingerprint density at radius 3 is 2.57 bits per heavy atom. The van der Waals surface area contributed by atoms with Crippen LogP contribution < -0.4 is 10.1 Å². The molecule has 0 spiro atoms. The van der Waals surface area contributed by atoms with Crippen LogP contribution in [-0.2, 0) is 12.0 Å². The van der Waals surface area contributed by atoms with Crippen molar-refractivity contribution in [3.05, 3.63) is 89.1 Å². The molecule has 0 fully saturated rings. The quantitative estimate of drug-likeness (QED) is 0.632. The number of hydrogen-bond donors (Lipinski definition) is 1. The lowest BCUT2D eigenvalue weighted by Crippen LogP contribution is -2.24. The maximum absolute atomic E-state index is 14.4. The summed E-state index contributed by atoms with van der Waals surface area (Å²) in [7, 11) is 0. The summed E-state index contributed by atoms with van der Waals surface area (Å²) in [6.45, 7) is 3.35. The SMILES string of the molecule is CC(C)(C#N)c1ccc(CNC(=O)c2cccnc2Oc2ccc(F)cc2)c(F)c1. The average molecular weight is 407 g/mol. The van der Waals surface area contributed by atoms with Crippen LogP contribution >= 0.6 is 0 Å². The van der Waals surface area contributed by atoms with E-state index in [0.717, 1.165) is 0 Å². The minimum Gasteiger partial charge on any atom is -0.438 e. The predicted octanol–water partition coefficient (Wildman–Crippen LogP) is 4.88. The van der Waals surface area contributed by atoms with Gasteiger partial charge < -0.3 is 10.1 Å². The number of rotatable bonds is 6. The third-order valence-corrected chi connectivity index (χ3v) is 4.54. The molecule has 0 bridgehead atoms. The van der Waals surface area contributed by atoms with Gasteiger partial charge in [0.25, 0.3) is 5.91 Å². The van der Waals surface area contributed by atoms with Crippen LogP contribution in [0.15, 0.2) is 60.8 Å². The van der Waals surface area contributed by atoms with E-state index < -0.39 is 23.0 Å². The number of amides is 1. The standard InChI is InChI=1S/C23H19F2N3O2/c1-23(2,14-26)16-6-5-15(20(25)12-16)13-28-21(29)19-4-3-11-27-22(19)30-18-9-7-17(24)8-10-18/h3-12H,13H2,1-2H3,(H,28,29). The Labute approximate surface area is 173 Å². The number of benzene rings is 2. The zero-order valence-electron chi connectivity index (χ0n) is 16.4. The minimum absolute atomic E-state index is 0.0493. The third-order valence-electron chi connectivity index (χ3n) is 4.54. The van der Waals surface area contributed by atoms with Crippen molar-refractivity contribution in [3.8, 4) is 17.7 Å². The summed E-state index contributed by atoms with van der Waals surface area (Å²) in [6.07, 6.45) is 1.46. The fourth-order valence-corrected chi connectivity index (χ4v) is 2.67. The summed E-state index contributed by atoms with van der Waals surface area (Å²) in [5, 5.41) is 11.8. The highest BCUT2D eigenvalue weighted by molar-refractivity contribution is 5.96. The van der Waals surface area contributed by atoms with Gasteiger partial charge in [-0.2, -0.15) is 5.26 Å². The molecule has 0 aliphatic carbocycles. The lowest BCUT2D eigenvalue weighted by atomic mass is 9.86. The molecule has 0 aliphatic rings. The molecule has 0 saturated carbocycles. The average Bonchev–Trinajstić information content (AvgIpc) is 2.74. The molecule has 1 amide bonds. The fraction of sp³-hybridized carbons (Fsp3) is 0.174. The number of nitrogens with zero attached hydrogens (tertiary/aromatic N) is 2. The first-order chi connectivity index (χ1) is 14.3. The van der Waals surface area contributed by atoms with Gasteiger partial charge in [-0.15, -0.1) is 0 Å². The Bertz CT molecular complexity index is 1110. The monoisotopic (exact) mass is 407 g/mol. The molecular formula is C23H19F2N3O2. The van der Waals surface area contributed by atoms with Crippen LogP contribution in [0.3, 0.4) is 0 Å². The van der Waals surface area contributed by atoms with E-state index in [1.165, 1.54) is 42.6 Å². The number of nitrogens with one attached hydrogen (secondary N) is 1. The number of aromatic nitrogens is 1. The summed E-state index contributed by atoms with van der Waals surface area (Å²) in [5.41, 5.74) is 0.181. The Balaban J connectivity index is 1.73. The highest BCUT2D eigenvalue weighted by Gasteiger charge is 2.21. The molecule has 0 unspecified atom stereocenters. The number of hydrogen-bond acceptors (Lipinski definition) is 4. The van der Waals surface area contributed by atoms with Gasteiger partial charge in [0.05, 0.1) is 11.5 Å². The minimum atomic E-state index is -0.815. The summed E-state index contributed by atoms with van der Waals surface area (Å²) >= 11 is 0. The van der Waals surface area contributed by atoms with E-state index in [0.29, 0.717) is 11.3 Å². The molecule has 2 aromatic carbocycles. The van der Waals surface area contributed by atoms with Gasteiger partial charge in [0.15, 0.2) is 0 Å². The molecule has 5 nitrogen and oxygen atoms in total. The Hall–Kier alpha value is -3.79. The van der Waals surface area contributed by atoms with Crippen molar-refractivity contribution >= 4 is 5.91 Å². The van der Waals surface area contributed by atoms with Crippen molar-refractivity contribution in [2.75, 3.05) is 0 Å². The van der Waals surface area contributed by atoms with Crippen LogP contribution in [0.1, 0.15) is 35.3 Å². The highest BCUT2D eigenvalue weighted by Crippen LogP contribution is 2.25. The van der Waals surface area contributed by atoms with Crippen LogP contribution in [-0.4, -0.2) is 10.9 Å². The maximum Gasteiger partial charge on any atom is 0.257 e. The van der Waals surface area contributed by atoms with Gasteiger partial charge in [-0.05, 0) is 61.9 Å². The molecular weight excluding hydrogens is 388 g/mol. The number of nitriles is 1. The Morgan fingerprint density at radius 2 is 1.90 bits per heavy atom. The zero-order valence-corrected chi connectivity index (χ0v) is 16.4. The van der Waals surface area contributed by atoms with Crippen LogP contribution in [0.5, 0.6) is 11.6 Å². The first-order valence-corrected chi connectivity index (χ1v) is 9.17. The van der Waals surface area contributed by atoms with Crippen molar-refractivity contribution in [3.63, 3.8) is 0 Å². The van der Waals surface area contributed by atoms with Crippen molar-refractivity contribution < 1.29 is 18.3 Å². The van der Waals surface area contributed by atoms with Gasteiger partial charge in [0, 0.05) is 18.3 Å². The van der Waals surface area contributed by atoms with Gasteiger partial charge in [0.1, 0.15) is 22.9 Å². The molecule has 30 heavy (non-hydrogen) atoms. The molecule has 1 N–H and O–H groups in total. The third kappa shape index (κ3) is 4.78. The second kappa shape index (κ2) is 8.70. The summed E-state index contributed by atoms with van der Waals surface area (Å²) in [5.74, 6) is -1.04. The second-order valence-electron chi connectivity index (χ2n) is 7.14. The van der Waals surface area contributed by atoms with Crippen molar-refractivity contribution in [1.82, 2.24) is 10.3 Å². The molecule has 152 valence electrons. The van der Waals surface area contributed by atoms with E-state index in [2.05, 4.69) is 16.4 Å². The van der Waals surface area contributed by atoms with Gasteiger partial charge in [-0.25, -0.2) is 13.8 Å². The molecule has 3 aromatic rings. The molecule has 0 radical (unpaired) electrons. The van der Waals surface area contributed by atoms with Gasteiger partial charge in [-0.1, -0.05) is 12.1 Å². The maximum atomic E-state index is 14.4. The van der Waals surface area contributed by atoms with E-state index in [1.807, 2.05) is 0 Å². The van der Waals surface area contributed by atoms with Crippen LogP contribution in [0, 0.1) is 23.0 Å². The van der Waals surface area contributed by atoms with Gasteiger partial charge >= 0.3 is 0 Å². The molecule has 1 heterocycles. The lowest BCUT2D eigenvalue weighted by Gasteiger charge is -2.17. The number of pyridine rings is 1. The fourth-order valence-electron chi connectivity index (χ4n) is 2.67. The van der Waals surface area contributed by atoms with Crippen molar-refractivity contribution in [1.29, 1.82) is 5.26 Å². The van der Waals surface area contributed by atoms with E-state index in [1.54, 1.807) is 32.0 Å². The van der Waals surface area contributed by atoms with E-state index in [4.69, 9.17) is 4.74 Å². The predicted molar refractivity (Wildman–Crippen MR) is 107 cm³/mol. The van der Waals surface area contributed by atoms with Gasteiger partial charge in [-0.3, -0.25) is 4.79 Å². The molecule has 1 aromatic heterocycles. The smallest absolute Gasteiger partial charge is 0.257 e. The number of ether oxygens (including phenoxy) is 1. The topological polar surface area (TPSA) is 75.0 Å². The van der Waals surface area contributed by atoms with E-state index >= 15 is 0 Å². The number of carbonyl (C=O) groups is 1. The van der Waals surface area contributed by atoms with E-state index in [-0.39, 0.29) is 23.6 Å². The van der Waals surface area contributed by atoms with Crippen molar-refractivity contribution in [2.45, 2.75) is 25.8 Å². The summed E-state index contributed by atoms with van der Waals surface area (Å²) < 4.78 is 33.1. The van der Waals surface area contributed by atoms with Crippen molar-refractivity contribution in [2.24, 2.45) is 0 Å². The number of halogens is 2. The van der Waals surface area contributed by atoms with Crippen LogP contribution in [0.2, 0.25) is 0 Å². The van der Waals surface area contributed by atoms with E-state index in [9.17, 15) is 18.8 Å². The number of carbonyl (C=O) groups excluding carboxylic acids is 1. The molecule has 0 aliphatic heterocycles.